The van der Waals surface area contributed by atoms with E-state index in [4.69, 9.17) is 0 Å². The number of allylic oxidation sites excluding steroid dienone is 1. The minimum Gasteiger partial charge on any atom is -0.349 e. The predicted octanol–water partition coefficient (Wildman–Crippen LogP) is 2.38. The topological polar surface area (TPSA) is 59.8 Å². The molecule has 0 unspecified atom stereocenters. The monoisotopic (exact) mass is 294 g/mol. The zero-order valence-corrected chi connectivity index (χ0v) is 12.8. The molecule has 1 aliphatic rings. The van der Waals surface area contributed by atoms with Crippen LogP contribution in [0.2, 0.25) is 0 Å². The van der Waals surface area contributed by atoms with Crippen LogP contribution in [0.25, 0.3) is 0 Å². The molecule has 1 aromatic rings. The standard InChI is InChI=1S/C14H22N4OS/c1-3-9-18-12(16-17-14(18)20-2)10-15-13(19)11-7-5-4-6-8-11/h3,11H,1,4-10H2,2H3,(H,15,19). The highest BCUT2D eigenvalue weighted by Gasteiger charge is 2.21. The first-order chi connectivity index (χ1) is 9.76. The number of aromatic nitrogens is 3. The molecule has 0 atom stereocenters. The van der Waals surface area contributed by atoms with Crippen molar-refractivity contribution in [3.8, 4) is 0 Å². The quantitative estimate of drug-likeness (QED) is 0.646. The van der Waals surface area contributed by atoms with E-state index in [1.807, 2.05) is 16.9 Å². The van der Waals surface area contributed by atoms with E-state index in [-0.39, 0.29) is 11.8 Å². The molecular weight excluding hydrogens is 272 g/mol. The number of carbonyl (C=O) groups is 1. The lowest BCUT2D eigenvalue weighted by molar-refractivity contribution is -0.126. The molecular formula is C14H22N4OS. The largest absolute Gasteiger partial charge is 0.349 e. The molecule has 0 saturated heterocycles. The van der Waals surface area contributed by atoms with Gasteiger partial charge in [0, 0.05) is 12.5 Å². The lowest BCUT2D eigenvalue weighted by Crippen LogP contribution is -2.32. The Morgan fingerprint density at radius 1 is 1.45 bits per heavy atom. The highest BCUT2D eigenvalue weighted by molar-refractivity contribution is 7.98. The molecule has 1 N–H and O–H groups in total. The summed E-state index contributed by atoms with van der Waals surface area (Å²) in [5.74, 6) is 1.13. The molecule has 20 heavy (non-hydrogen) atoms. The summed E-state index contributed by atoms with van der Waals surface area (Å²) in [4.78, 5) is 12.1. The lowest BCUT2D eigenvalue weighted by atomic mass is 9.89. The molecule has 2 rings (SSSR count). The Morgan fingerprint density at radius 3 is 2.85 bits per heavy atom. The third-order valence-corrected chi connectivity index (χ3v) is 4.35. The van der Waals surface area contributed by atoms with Crippen LogP contribution in [0.4, 0.5) is 0 Å². The van der Waals surface area contributed by atoms with Gasteiger partial charge >= 0.3 is 0 Å². The number of hydrogen-bond acceptors (Lipinski definition) is 4. The van der Waals surface area contributed by atoms with Crippen LogP contribution in [0.1, 0.15) is 37.9 Å². The van der Waals surface area contributed by atoms with Gasteiger partial charge < -0.3 is 9.88 Å². The number of nitrogens with zero attached hydrogens (tertiary/aromatic N) is 3. The van der Waals surface area contributed by atoms with Crippen molar-refractivity contribution in [3.63, 3.8) is 0 Å². The number of amides is 1. The molecule has 110 valence electrons. The molecule has 1 fully saturated rings. The molecule has 0 radical (unpaired) electrons. The van der Waals surface area contributed by atoms with Gasteiger partial charge in [-0.25, -0.2) is 0 Å². The van der Waals surface area contributed by atoms with Gasteiger partial charge in [-0.05, 0) is 19.1 Å². The normalized spacial score (nSPS) is 16.1. The van der Waals surface area contributed by atoms with Crippen molar-refractivity contribution < 1.29 is 4.79 Å². The Morgan fingerprint density at radius 2 is 2.20 bits per heavy atom. The Labute approximate surface area is 124 Å². The Kier molecular flexibility index (Phi) is 5.64. The average molecular weight is 294 g/mol. The fourth-order valence-electron chi connectivity index (χ4n) is 2.59. The van der Waals surface area contributed by atoms with E-state index in [2.05, 4.69) is 22.1 Å². The second kappa shape index (κ2) is 7.47. The molecule has 0 bridgehead atoms. The van der Waals surface area contributed by atoms with E-state index in [1.165, 1.54) is 19.3 Å². The van der Waals surface area contributed by atoms with Gasteiger partial charge in [-0.15, -0.1) is 16.8 Å². The van der Waals surface area contributed by atoms with Crippen molar-refractivity contribution in [2.75, 3.05) is 6.26 Å². The van der Waals surface area contributed by atoms with Gasteiger partial charge in [0.2, 0.25) is 5.91 Å². The summed E-state index contributed by atoms with van der Waals surface area (Å²) >= 11 is 1.55. The second-order valence-corrected chi connectivity index (χ2v) is 5.83. The van der Waals surface area contributed by atoms with E-state index in [0.29, 0.717) is 13.1 Å². The van der Waals surface area contributed by atoms with Gasteiger partial charge in [-0.3, -0.25) is 4.79 Å². The predicted molar refractivity (Wildman–Crippen MR) is 80.4 cm³/mol. The van der Waals surface area contributed by atoms with E-state index < -0.39 is 0 Å². The summed E-state index contributed by atoms with van der Waals surface area (Å²) in [6.45, 7) is 4.85. The van der Waals surface area contributed by atoms with E-state index in [0.717, 1.165) is 23.8 Å². The van der Waals surface area contributed by atoms with Gasteiger partial charge in [0.25, 0.3) is 0 Å². The molecule has 1 aliphatic carbocycles. The number of rotatable bonds is 6. The van der Waals surface area contributed by atoms with Crippen molar-refractivity contribution in [1.29, 1.82) is 0 Å². The Hall–Kier alpha value is -1.30. The second-order valence-electron chi connectivity index (χ2n) is 5.05. The van der Waals surface area contributed by atoms with Crippen molar-refractivity contribution in [2.24, 2.45) is 5.92 Å². The molecule has 1 aromatic heterocycles. The van der Waals surface area contributed by atoms with Crippen LogP contribution >= 0.6 is 11.8 Å². The molecule has 1 saturated carbocycles. The summed E-state index contributed by atoms with van der Waals surface area (Å²) in [6, 6.07) is 0. The van der Waals surface area contributed by atoms with Gasteiger partial charge in [-0.1, -0.05) is 37.1 Å². The summed E-state index contributed by atoms with van der Waals surface area (Å²) in [7, 11) is 0. The SMILES string of the molecule is C=CCn1c(CNC(=O)C2CCCCC2)nnc1SC. The maximum absolute atomic E-state index is 12.1. The number of thioether (sulfide) groups is 1. The highest BCUT2D eigenvalue weighted by Crippen LogP contribution is 2.23. The molecule has 0 aromatic carbocycles. The zero-order chi connectivity index (χ0) is 14.4. The van der Waals surface area contributed by atoms with Crippen LogP contribution in [0, 0.1) is 5.92 Å². The number of nitrogens with one attached hydrogen (secondary N) is 1. The zero-order valence-electron chi connectivity index (χ0n) is 12.0. The smallest absolute Gasteiger partial charge is 0.223 e. The third kappa shape index (κ3) is 3.62. The number of carbonyl (C=O) groups excluding carboxylic acids is 1. The first-order valence-electron chi connectivity index (χ1n) is 7.11. The maximum atomic E-state index is 12.1. The molecule has 0 aliphatic heterocycles. The van der Waals surface area contributed by atoms with Crippen LogP contribution < -0.4 is 5.32 Å². The van der Waals surface area contributed by atoms with Crippen LogP contribution in [-0.2, 0) is 17.9 Å². The minimum absolute atomic E-state index is 0.156. The summed E-state index contributed by atoms with van der Waals surface area (Å²) < 4.78 is 1.98. The number of hydrogen-bond donors (Lipinski definition) is 1. The van der Waals surface area contributed by atoms with Crippen molar-refractivity contribution in [2.45, 2.75) is 50.4 Å². The molecule has 6 heteroatoms. The summed E-state index contributed by atoms with van der Waals surface area (Å²) in [6.07, 6.45) is 9.41. The van der Waals surface area contributed by atoms with Crippen LogP contribution in [0.3, 0.4) is 0 Å². The molecule has 5 nitrogen and oxygen atoms in total. The van der Waals surface area contributed by atoms with Crippen molar-refractivity contribution >= 4 is 17.7 Å². The Balaban J connectivity index is 1.94. The summed E-state index contributed by atoms with van der Waals surface area (Å²) in [5, 5.41) is 12.1. The van der Waals surface area contributed by atoms with Crippen molar-refractivity contribution in [3.05, 3.63) is 18.5 Å². The summed E-state index contributed by atoms with van der Waals surface area (Å²) in [5.41, 5.74) is 0. The first kappa shape index (κ1) is 15.1. The van der Waals surface area contributed by atoms with E-state index in [9.17, 15) is 4.79 Å². The fourth-order valence-corrected chi connectivity index (χ4v) is 3.11. The van der Waals surface area contributed by atoms with Crippen LogP contribution in [0.5, 0.6) is 0 Å². The van der Waals surface area contributed by atoms with Gasteiger partial charge in [0.15, 0.2) is 11.0 Å². The average Bonchev–Trinajstić information content (AvgIpc) is 2.88. The van der Waals surface area contributed by atoms with E-state index in [1.54, 1.807) is 11.8 Å². The fraction of sp³-hybridized carbons (Fsp3) is 0.643. The van der Waals surface area contributed by atoms with Gasteiger partial charge in [0.05, 0.1) is 6.54 Å². The van der Waals surface area contributed by atoms with Crippen LogP contribution in [-0.4, -0.2) is 26.9 Å². The molecule has 1 amide bonds. The molecule has 0 spiro atoms. The molecule has 1 heterocycles. The van der Waals surface area contributed by atoms with Crippen molar-refractivity contribution in [1.82, 2.24) is 20.1 Å². The first-order valence-corrected chi connectivity index (χ1v) is 8.33. The third-order valence-electron chi connectivity index (χ3n) is 3.68. The Bertz CT molecular complexity index is 466. The van der Waals surface area contributed by atoms with Crippen LogP contribution in [0.15, 0.2) is 17.8 Å². The lowest BCUT2D eigenvalue weighted by Gasteiger charge is -2.20. The highest BCUT2D eigenvalue weighted by atomic mass is 32.2. The van der Waals surface area contributed by atoms with Gasteiger partial charge in [0.1, 0.15) is 0 Å². The maximum Gasteiger partial charge on any atom is 0.223 e. The van der Waals surface area contributed by atoms with E-state index >= 15 is 0 Å². The van der Waals surface area contributed by atoms with Gasteiger partial charge in [-0.2, -0.15) is 0 Å². The minimum atomic E-state index is 0.156.